The smallest absolute Gasteiger partial charge is 0.243 e. The number of hydrogen-bond donors (Lipinski definition) is 2. The second-order valence-electron chi connectivity index (χ2n) is 6.99. The normalized spacial score (nSPS) is 10.3. The lowest BCUT2D eigenvalue weighted by atomic mass is 10.1. The minimum absolute atomic E-state index is 0.0153. The van der Waals surface area contributed by atoms with Crippen LogP contribution in [0.3, 0.4) is 0 Å². The molecule has 0 saturated carbocycles. The summed E-state index contributed by atoms with van der Waals surface area (Å²) in [6, 6.07) is 23.4. The highest BCUT2D eigenvalue weighted by atomic mass is 19.1. The van der Waals surface area contributed by atoms with Gasteiger partial charge in [0.25, 0.3) is 0 Å². The SMILES string of the molecule is CN(Cc1ccccc1)c1ccccc1NC(=O)CNC(=O)Cc1cccc(F)c1. The summed E-state index contributed by atoms with van der Waals surface area (Å²) in [6.45, 7) is 0.531. The van der Waals surface area contributed by atoms with Gasteiger partial charge in [-0.05, 0) is 35.4 Å². The number of carbonyl (C=O) groups is 2. The Labute approximate surface area is 175 Å². The Kier molecular flexibility index (Phi) is 7.16. The highest BCUT2D eigenvalue weighted by Gasteiger charge is 2.12. The molecule has 2 amide bonds. The van der Waals surface area contributed by atoms with Gasteiger partial charge in [0.15, 0.2) is 0 Å². The van der Waals surface area contributed by atoms with Gasteiger partial charge in [-0.2, -0.15) is 0 Å². The minimum Gasteiger partial charge on any atom is -0.369 e. The van der Waals surface area contributed by atoms with Crippen LogP contribution in [0.2, 0.25) is 0 Å². The first-order valence-electron chi connectivity index (χ1n) is 9.66. The average Bonchev–Trinajstić information content (AvgIpc) is 2.73. The molecule has 6 heteroatoms. The molecular weight excluding hydrogens is 381 g/mol. The molecule has 154 valence electrons. The third-order valence-corrected chi connectivity index (χ3v) is 4.55. The fourth-order valence-corrected chi connectivity index (χ4v) is 3.12. The van der Waals surface area contributed by atoms with Crippen LogP contribution >= 0.6 is 0 Å². The number of carbonyl (C=O) groups excluding carboxylic acids is 2. The summed E-state index contributed by atoms with van der Waals surface area (Å²) in [5.41, 5.74) is 3.26. The van der Waals surface area contributed by atoms with Gasteiger partial charge in [0.2, 0.25) is 11.8 Å². The van der Waals surface area contributed by atoms with E-state index in [-0.39, 0.29) is 24.8 Å². The Morgan fingerprint density at radius 2 is 1.57 bits per heavy atom. The molecule has 0 bridgehead atoms. The molecule has 0 saturated heterocycles. The van der Waals surface area contributed by atoms with Gasteiger partial charge in [-0.3, -0.25) is 9.59 Å². The summed E-state index contributed by atoms with van der Waals surface area (Å²) in [6.07, 6.45) is 0.0153. The number of anilines is 2. The number of nitrogens with one attached hydrogen (secondary N) is 2. The van der Waals surface area contributed by atoms with E-state index in [2.05, 4.69) is 10.6 Å². The van der Waals surface area contributed by atoms with Gasteiger partial charge >= 0.3 is 0 Å². The van der Waals surface area contributed by atoms with Crippen LogP contribution in [-0.2, 0) is 22.6 Å². The molecule has 0 heterocycles. The summed E-state index contributed by atoms with van der Waals surface area (Å²) in [5.74, 6) is -1.07. The van der Waals surface area contributed by atoms with E-state index in [9.17, 15) is 14.0 Å². The van der Waals surface area contributed by atoms with E-state index < -0.39 is 5.82 Å². The van der Waals surface area contributed by atoms with E-state index >= 15 is 0 Å². The van der Waals surface area contributed by atoms with E-state index in [1.54, 1.807) is 12.1 Å². The van der Waals surface area contributed by atoms with Crippen LogP contribution in [0.15, 0.2) is 78.9 Å². The first-order chi connectivity index (χ1) is 14.5. The van der Waals surface area contributed by atoms with E-state index in [0.717, 1.165) is 11.3 Å². The summed E-state index contributed by atoms with van der Waals surface area (Å²) in [4.78, 5) is 26.4. The fraction of sp³-hybridized carbons (Fsp3) is 0.167. The molecule has 0 aliphatic heterocycles. The predicted molar refractivity (Wildman–Crippen MR) is 117 cm³/mol. The number of hydrogen-bond acceptors (Lipinski definition) is 3. The Morgan fingerprint density at radius 1 is 0.867 bits per heavy atom. The second-order valence-corrected chi connectivity index (χ2v) is 6.99. The Balaban J connectivity index is 1.55. The van der Waals surface area contributed by atoms with Crippen LogP contribution in [0, 0.1) is 5.82 Å². The zero-order valence-corrected chi connectivity index (χ0v) is 16.8. The van der Waals surface area contributed by atoms with Gasteiger partial charge in [-0.25, -0.2) is 4.39 Å². The van der Waals surface area contributed by atoms with Crippen molar-refractivity contribution in [1.29, 1.82) is 0 Å². The molecule has 0 aliphatic rings. The molecule has 0 fully saturated rings. The molecule has 0 radical (unpaired) electrons. The fourth-order valence-electron chi connectivity index (χ4n) is 3.12. The van der Waals surface area contributed by atoms with Crippen molar-refractivity contribution < 1.29 is 14.0 Å². The van der Waals surface area contributed by atoms with Gasteiger partial charge < -0.3 is 15.5 Å². The number of benzene rings is 3. The molecule has 0 aliphatic carbocycles. The molecular formula is C24H24FN3O2. The Morgan fingerprint density at radius 3 is 2.33 bits per heavy atom. The maximum absolute atomic E-state index is 13.2. The van der Waals surface area contributed by atoms with Crippen molar-refractivity contribution in [2.24, 2.45) is 0 Å². The van der Waals surface area contributed by atoms with Crippen molar-refractivity contribution in [1.82, 2.24) is 5.32 Å². The first kappa shape index (κ1) is 21.0. The lowest BCUT2D eigenvalue weighted by Gasteiger charge is -2.23. The monoisotopic (exact) mass is 405 g/mol. The average molecular weight is 405 g/mol. The zero-order valence-electron chi connectivity index (χ0n) is 16.8. The summed E-state index contributed by atoms with van der Waals surface area (Å²) < 4.78 is 13.2. The van der Waals surface area contributed by atoms with Gasteiger partial charge in [-0.15, -0.1) is 0 Å². The minimum atomic E-state index is -0.394. The largest absolute Gasteiger partial charge is 0.369 e. The van der Waals surface area contributed by atoms with E-state index in [1.807, 2.05) is 66.5 Å². The van der Waals surface area contributed by atoms with Gasteiger partial charge in [0.1, 0.15) is 5.82 Å². The predicted octanol–water partition coefficient (Wildman–Crippen LogP) is 3.76. The van der Waals surface area contributed by atoms with Crippen molar-refractivity contribution in [2.45, 2.75) is 13.0 Å². The van der Waals surface area contributed by atoms with Crippen molar-refractivity contribution in [2.75, 3.05) is 23.8 Å². The summed E-state index contributed by atoms with van der Waals surface area (Å²) in [7, 11) is 1.96. The topological polar surface area (TPSA) is 61.4 Å². The van der Waals surface area contributed by atoms with E-state index in [0.29, 0.717) is 17.8 Å². The quantitative estimate of drug-likeness (QED) is 0.600. The molecule has 2 N–H and O–H groups in total. The molecule has 3 rings (SSSR count). The van der Waals surface area contributed by atoms with Crippen molar-refractivity contribution in [3.05, 3.63) is 95.8 Å². The van der Waals surface area contributed by atoms with Crippen molar-refractivity contribution >= 4 is 23.2 Å². The molecule has 30 heavy (non-hydrogen) atoms. The number of para-hydroxylation sites is 2. The van der Waals surface area contributed by atoms with Crippen molar-refractivity contribution in [3.8, 4) is 0 Å². The van der Waals surface area contributed by atoms with E-state index in [4.69, 9.17) is 0 Å². The molecule has 0 spiro atoms. The Hall–Kier alpha value is -3.67. The maximum atomic E-state index is 13.2. The number of halogens is 1. The zero-order chi connectivity index (χ0) is 21.3. The van der Waals surface area contributed by atoms with Crippen LogP contribution in [-0.4, -0.2) is 25.4 Å². The third-order valence-electron chi connectivity index (χ3n) is 4.55. The standard InChI is InChI=1S/C24H24FN3O2/c1-28(17-18-8-3-2-4-9-18)22-13-6-5-12-21(22)27-24(30)16-26-23(29)15-19-10-7-11-20(25)14-19/h2-14H,15-17H2,1H3,(H,26,29)(H,27,30). The lowest BCUT2D eigenvalue weighted by molar-refractivity contribution is -0.123. The Bertz CT molecular complexity index is 1010. The molecule has 0 aromatic heterocycles. The highest BCUT2D eigenvalue weighted by molar-refractivity contribution is 5.97. The molecule has 0 atom stereocenters. The van der Waals surface area contributed by atoms with Crippen LogP contribution in [0.1, 0.15) is 11.1 Å². The second kappa shape index (κ2) is 10.2. The van der Waals surface area contributed by atoms with Crippen LogP contribution in [0.4, 0.5) is 15.8 Å². The molecule has 3 aromatic rings. The lowest BCUT2D eigenvalue weighted by Crippen LogP contribution is -2.34. The molecule has 3 aromatic carbocycles. The molecule has 5 nitrogen and oxygen atoms in total. The third kappa shape index (κ3) is 6.17. The van der Waals surface area contributed by atoms with Crippen LogP contribution in [0.5, 0.6) is 0 Å². The van der Waals surface area contributed by atoms with Crippen LogP contribution in [0.25, 0.3) is 0 Å². The summed E-state index contributed by atoms with van der Waals surface area (Å²) in [5, 5.41) is 5.42. The van der Waals surface area contributed by atoms with Gasteiger partial charge in [0, 0.05) is 13.6 Å². The molecule has 0 unspecified atom stereocenters. The van der Waals surface area contributed by atoms with Crippen LogP contribution < -0.4 is 15.5 Å². The van der Waals surface area contributed by atoms with Gasteiger partial charge in [0.05, 0.1) is 24.3 Å². The number of amides is 2. The summed E-state index contributed by atoms with van der Waals surface area (Å²) >= 11 is 0. The van der Waals surface area contributed by atoms with E-state index in [1.165, 1.54) is 12.1 Å². The maximum Gasteiger partial charge on any atom is 0.243 e. The number of rotatable bonds is 8. The number of nitrogens with zero attached hydrogens (tertiary/aromatic N) is 1. The van der Waals surface area contributed by atoms with Gasteiger partial charge in [-0.1, -0.05) is 54.6 Å². The highest BCUT2D eigenvalue weighted by Crippen LogP contribution is 2.25. The van der Waals surface area contributed by atoms with Crippen molar-refractivity contribution in [3.63, 3.8) is 0 Å². The first-order valence-corrected chi connectivity index (χ1v) is 9.66.